The predicted octanol–water partition coefficient (Wildman–Crippen LogP) is 12.9. The first-order valence-electron chi connectivity index (χ1n) is 18.7. The summed E-state index contributed by atoms with van der Waals surface area (Å²) in [5.41, 5.74) is 9.01. The van der Waals surface area contributed by atoms with Gasteiger partial charge in [0, 0.05) is 58.8 Å². The zero-order valence-corrected chi connectivity index (χ0v) is 30.3. The summed E-state index contributed by atoms with van der Waals surface area (Å²) in [6, 6.07) is 53.4. The second kappa shape index (κ2) is 11.8. The Morgan fingerprint density at radius 1 is 0.564 bits per heavy atom. The Labute approximate surface area is 319 Å². The smallest absolute Gasteiger partial charge is 0.164 e. The van der Waals surface area contributed by atoms with E-state index in [0.717, 1.165) is 68.2 Å². The fourth-order valence-electron chi connectivity index (χ4n) is 8.65. The molecule has 0 N–H and O–H groups in total. The van der Waals surface area contributed by atoms with Crippen LogP contribution in [0.1, 0.15) is 22.7 Å². The van der Waals surface area contributed by atoms with Crippen molar-refractivity contribution in [2.24, 2.45) is 0 Å². The first-order valence-corrected chi connectivity index (χ1v) is 19.5. The van der Waals surface area contributed by atoms with Crippen LogP contribution in [0.25, 0.3) is 98.6 Å². The Hall–Kier alpha value is -6.89. The van der Waals surface area contributed by atoms with Gasteiger partial charge in [0.25, 0.3) is 0 Å². The topological polar surface area (TPSA) is 56.7 Å². The van der Waals surface area contributed by atoms with E-state index >= 15 is 0 Å². The molecule has 0 bridgehead atoms. The molecule has 55 heavy (non-hydrogen) atoms. The van der Waals surface area contributed by atoms with Crippen LogP contribution >= 0.6 is 11.3 Å². The first kappa shape index (κ1) is 30.6. The Bertz CT molecular complexity index is 3390. The predicted molar refractivity (Wildman–Crippen MR) is 227 cm³/mol. The van der Waals surface area contributed by atoms with E-state index in [1.807, 2.05) is 41.7 Å². The van der Waals surface area contributed by atoms with Crippen LogP contribution < -0.4 is 0 Å². The van der Waals surface area contributed by atoms with E-state index in [1.165, 1.54) is 42.1 Å². The minimum absolute atomic E-state index is 0.618. The van der Waals surface area contributed by atoms with Gasteiger partial charge in [-0.25, -0.2) is 15.0 Å². The minimum Gasteiger partial charge on any atom is -0.454 e. The normalized spacial score (nSPS) is 13.1. The van der Waals surface area contributed by atoms with Gasteiger partial charge in [-0.1, -0.05) is 115 Å². The molecular weight excluding hydrogens is 693 g/mol. The molecule has 0 saturated carbocycles. The molecule has 4 heterocycles. The van der Waals surface area contributed by atoms with Gasteiger partial charge in [0.05, 0.1) is 16.7 Å². The lowest BCUT2D eigenvalue weighted by atomic mass is 9.94. The highest BCUT2D eigenvalue weighted by Gasteiger charge is 2.26. The van der Waals surface area contributed by atoms with Crippen molar-refractivity contribution in [2.45, 2.75) is 12.8 Å². The summed E-state index contributed by atoms with van der Waals surface area (Å²) in [4.78, 5) is 17.2. The number of para-hydroxylation sites is 2. The number of allylic oxidation sites excluding steroid dienone is 1. The zero-order valence-electron chi connectivity index (χ0n) is 29.5. The molecule has 1 aliphatic rings. The maximum atomic E-state index is 6.90. The molecule has 11 aromatic rings. The van der Waals surface area contributed by atoms with E-state index < -0.39 is 0 Å². The largest absolute Gasteiger partial charge is 0.454 e. The summed E-state index contributed by atoms with van der Waals surface area (Å²) in [6.45, 7) is 0. The van der Waals surface area contributed by atoms with E-state index in [0.29, 0.717) is 17.5 Å². The second-order valence-corrected chi connectivity index (χ2v) is 15.4. The van der Waals surface area contributed by atoms with Crippen molar-refractivity contribution in [3.05, 3.63) is 174 Å². The van der Waals surface area contributed by atoms with E-state index in [9.17, 15) is 0 Å². The molecule has 0 fully saturated rings. The van der Waals surface area contributed by atoms with E-state index in [4.69, 9.17) is 19.4 Å². The van der Waals surface area contributed by atoms with Crippen LogP contribution in [0, 0.1) is 0 Å². The van der Waals surface area contributed by atoms with Crippen molar-refractivity contribution in [1.29, 1.82) is 0 Å². The number of aromatic nitrogens is 4. The van der Waals surface area contributed by atoms with Gasteiger partial charge in [0.2, 0.25) is 0 Å². The number of aryl methyl sites for hydroxylation is 1. The van der Waals surface area contributed by atoms with Gasteiger partial charge in [-0.05, 0) is 66.1 Å². The van der Waals surface area contributed by atoms with Gasteiger partial charge in [0.1, 0.15) is 5.58 Å². The van der Waals surface area contributed by atoms with Crippen molar-refractivity contribution >= 4 is 81.5 Å². The Morgan fingerprint density at radius 3 is 2.16 bits per heavy atom. The highest BCUT2D eigenvalue weighted by molar-refractivity contribution is 7.19. The van der Waals surface area contributed by atoms with Crippen molar-refractivity contribution < 1.29 is 4.42 Å². The third-order valence-corrected chi connectivity index (χ3v) is 12.3. The summed E-state index contributed by atoms with van der Waals surface area (Å²) in [7, 11) is 0. The quantitative estimate of drug-likeness (QED) is 0.181. The van der Waals surface area contributed by atoms with Gasteiger partial charge in [-0.2, -0.15) is 0 Å². The molecule has 0 amide bonds. The van der Waals surface area contributed by atoms with Gasteiger partial charge in [-0.15, -0.1) is 11.3 Å². The Balaban J connectivity index is 1.15. The molecule has 4 aromatic heterocycles. The summed E-state index contributed by atoms with van der Waals surface area (Å²) in [5.74, 6) is 1.95. The molecule has 12 rings (SSSR count). The summed E-state index contributed by atoms with van der Waals surface area (Å²) in [5, 5.41) is 8.08. The van der Waals surface area contributed by atoms with E-state index in [2.05, 4.69) is 132 Å². The second-order valence-electron chi connectivity index (χ2n) is 14.2. The van der Waals surface area contributed by atoms with Crippen molar-refractivity contribution in [3.8, 4) is 28.5 Å². The average Bonchev–Trinajstić information content (AvgIpc) is 3.93. The lowest BCUT2D eigenvalue weighted by Gasteiger charge is -2.16. The maximum absolute atomic E-state index is 6.90. The molecule has 0 aliphatic heterocycles. The summed E-state index contributed by atoms with van der Waals surface area (Å²) in [6.07, 6.45) is 4.27. The third-order valence-electron chi connectivity index (χ3n) is 11.1. The van der Waals surface area contributed by atoms with Crippen molar-refractivity contribution in [3.63, 3.8) is 0 Å². The lowest BCUT2D eigenvalue weighted by Crippen LogP contribution is -2.06. The maximum Gasteiger partial charge on any atom is 0.164 e. The van der Waals surface area contributed by atoms with Gasteiger partial charge in [0.15, 0.2) is 23.1 Å². The van der Waals surface area contributed by atoms with Crippen LogP contribution in [-0.4, -0.2) is 19.5 Å². The number of furan rings is 1. The van der Waals surface area contributed by atoms with Crippen LogP contribution in [-0.2, 0) is 6.42 Å². The van der Waals surface area contributed by atoms with Crippen LogP contribution in [0.15, 0.2) is 162 Å². The standard InChI is InChI=1S/C49H30N4OS/c1-2-13-29(14-3-1)47-50-48(35-20-12-24-43-44(35)34-19-8-11-23-42(34)55-43)52-49(51-47)36-25-26-39(46-45(36)33-18-7-10-22-41(33)54-46)53-38-21-9-6-17-32(38)37-27-30-15-4-5-16-31(30)28-40(37)53/h1-11,13-23,25-28H,12,24H2. The molecule has 1 aliphatic carbocycles. The summed E-state index contributed by atoms with van der Waals surface area (Å²) >= 11 is 1.88. The van der Waals surface area contributed by atoms with E-state index in [-0.39, 0.29) is 0 Å². The molecule has 0 unspecified atom stereocenters. The van der Waals surface area contributed by atoms with Crippen LogP contribution in [0.4, 0.5) is 0 Å². The van der Waals surface area contributed by atoms with Gasteiger partial charge >= 0.3 is 0 Å². The van der Waals surface area contributed by atoms with Crippen LogP contribution in [0.3, 0.4) is 0 Å². The summed E-state index contributed by atoms with van der Waals surface area (Å²) < 4.78 is 10.5. The number of thiophene rings is 1. The first-order chi connectivity index (χ1) is 27.3. The molecule has 0 saturated heterocycles. The number of hydrogen-bond acceptors (Lipinski definition) is 5. The molecule has 7 aromatic carbocycles. The van der Waals surface area contributed by atoms with Gasteiger partial charge in [-0.3, -0.25) is 0 Å². The zero-order chi connectivity index (χ0) is 36.0. The number of hydrogen-bond donors (Lipinski definition) is 0. The molecule has 0 spiro atoms. The fourth-order valence-corrected chi connectivity index (χ4v) is 9.88. The Morgan fingerprint density at radius 2 is 1.27 bits per heavy atom. The van der Waals surface area contributed by atoms with Crippen LogP contribution in [0.2, 0.25) is 0 Å². The molecule has 0 radical (unpaired) electrons. The Kier molecular flexibility index (Phi) is 6.56. The highest BCUT2D eigenvalue weighted by atomic mass is 32.1. The molecule has 6 heteroatoms. The third kappa shape index (κ3) is 4.62. The van der Waals surface area contributed by atoms with Crippen LogP contribution in [0.5, 0.6) is 0 Å². The number of rotatable bonds is 4. The monoisotopic (exact) mass is 722 g/mol. The lowest BCUT2D eigenvalue weighted by molar-refractivity contribution is 0.666. The number of nitrogens with zero attached hydrogens (tertiary/aromatic N) is 4. The van der Waals surface area contributed by atoms with E-state index in [1.54, 1.807) is 0 Å². The highest BCUT2D eigenvalue weighted by Crippen LogP contribution is 2.45. The average molecular weight is 723 g/mol. The molecule has 5 nitrogen and oxygen atoms in total. The minimum atomic E-state index is 0.618. The van der Waals surface area contributed by atoms with Gasteiger partial charge < -0.3 is 8.98 Å². The number of fused-ring (bicyclic) bond motifs is 10. The van der Waals surface area contributed by atoms with Crippen molar-refractivity contribution in [2.75, 3.05) is 0 Å². The van der Waals surface area contributed by atoms with Crippen molar-refractivity contribution in [1.82, 2.24) is 19.5 Å². The molecular formula is C49H30N4OS. The molecule has 258 valence electrons. The number of benzene rings is 7. The SMILES string of the molecule is C1=C(c2nc(-c3ccccc3)nc(-c3ccc(-n4c5ccccc5c5cc6ccccc6cc54)c4oc5ccccc5c34)n2)c2c(sc3ccccc23)CC1. The molecule has 0 atom stereocenters. The fraction of sp³-hybridized carbons (Fsp3) is 0.0408.